The van der Waals surface area contributed by atoms with Gasteiger partial charge in [0, 0.05) is 35.5 Å². The number of Topliss-reactive ketones (excluding diaryl/α,β-unsaturated/α-hetero) is 1. The molecule has 1 amide bonds. The second-order valence-electron chi connectivity index (χ2n) is 7.39. The van der Waals surface area contributed by atoms with Gasteiger partial charge >= 0.3 is 5.97 Å². The van der Waals surface area contributed by atoms with Crippen LogP contribution in [0.15, 0.2) is 40.3 Å². The molecule has 13 heteroatoms. The molecule has 1 saturated heterocycles. The third kappa shape index (κ3) is 4.45. The second-order valence-corrected chi connectivity index (χ2v) is 10.1. The summed E-state index contributed by atoms with van der Waals surface area (Å²) in [5, 5.41) is 22.3. The fourth-order valence-corrected chi connectivity index (χ4v) is 6.02. The number of nitrogens with two attached hydrogens (primary N) is 1. The largest absolute Gasteiger partial charge is 0.477 e. The summed E-state index contributed by atoms with van der Waals surface area (Å²) in [6, 6.07) is 3.27. The Kier molecular flexibility index (Phi) is 6.68. The molecule has 4 N–H and O–H groups in total. The topological polar surface area (TPSA) is 159 Å². The molecule has 0 radical (unpaired) electrons. The number of fused-ring (bicyclic) bond motifs is 1. The molecule has 4 heterocycles. The van der Waals surface area contributed by atoms with Crippen LogP contribution in [0.5, 0.6) is 0 Å². The van der Waals surface area contributed by atoms with Gasteiger partial charge in [-0.2, -0.15) is 0 Å². The quantitative estimate of drug-likeness (QED) is 0.211. The molecule has 0 aliphatic carbocycles. The Hall–Kier alpha value is -2.96. The fourth-order valence-electron chi connectivity index (χ4n) is 3.97. The van der Waals surface area contributed by atoms with Gasteiger partial charge in [0.1, 0.15) is 15.7 Å². The minimum atomic E-state index is -1.18. The molecule has 2 aliphatic rings. The highest BCUT2D eigenvalue weighted by atomic mass is 35.5. The van der Waals surface area contributed by atoms with Gasteiger partial charge in [0.25, 0.3) is 0 Å². The Morgan fingerprint density at radius 1 is 1.36 bits per heavy atom. The number of thiazole rings is 1. The minimum absolute atomic E-state index is 0.0367. The van der Waals surface area contributed by atoms with Crippen LogP contribution in [0.4, 0.5) is 5.13 Å². The zero-order valence-electron chi connectivity index (χ0n) is 17.0. The number of carboxylic acids is 1. The lowest BCUT2D eigenvalue weighted by Gasteiger charge is -2.50. The molecule has 2 aliphatic heterocycles. The van der Waals surface area contributed by atoms with Crippen molar-refractivity contribution in [3.8, 4) is 0 Å². The van der Waals surface area contributed by atoms with E-state index in [-0.39, 0.29) is 33.0 Å². The highest BCUT2D eigenvalue weighted by molar-refractivity contribution is 8.02. The Morgan fingerprint density at radius 2 is 2.09 bits per heavy atom. The number of thioether (sulfide) groups is 1. The number of hydrogen-bond acceptors (Lipinski definition) is 10. The maximum Gasteiger partial charge on any atom is 0.353 e. The van der Waals surface area contributed by atoms with Crippen LogP contribution in [-0.4, -0.2) is 54.6 Å². The molecule has 2 aromatic heterocycles. The third-order valence-corrected chi connectivity index (χ3v) is 7.79. The summed E-state index contributed by atoms with van der Waals surface area (Å²) in [4.78, 5) is 47.4. The molecular formula is C20H18ClN5O5S2. The molecule has 0 bridgehead atoms. The number of allylic oxidation sites excluding steroid dienone is 1. The zero-order chi connectivity index (χ0) is 23.7. The number of aromatic nitrogens is 2. The van der Waals surface area contributed by atoms with Crippen molar-refractivity contribution in [2.45, 2.75) is 31.1 Å². The van der Waals surface area contributed by atoms with Gasteiger partial charge in [-0.05, 0) is 30.5 Å². The average Bonchev–Trinajstić information content (AvgIpc) is 3.13. The first-order chi connectivity index (χ1) is 15.8. The number of ketones is 1. The SMILES string of the molecule is Nc1nc(/C(=N/O)C(=O)CC2C(=O)N3C(C(=O)O)=C(SCc4ccncc4)CCC23)c(Cl)s1. The van der Waals surface area contributed by atoms with Crippen molar-refractivity contribution in [2.75, 3.05) is 5.73 Å². The molecule has 172 valence electrons. The number of nitrogen functional groups attached to an aromatic ring is 1. The number of oxime groups is 1. The molecule has 33 heavy (non-hydrogen) atoms. The van der Waals surface area contributed by atoms with Gasteiger partial charge in [-0.25, -0.2) is 9.78 Å². The van der Waals surface area contributed by atoms with Crippen molar-refractivity contribution < 1.29 is 24.7 Å². The van der Waals surface area contributed by atoms with E-state index in [1.807, 2.05) is 12.1 Å². The minimum Gasteiger partial charge on any atom is -0.477 e. The summed E-state index contributed by atoms with van der Waals surface area (Å²) in [5.74, 6) is -2.42. The predicted molar refractivity (Wildman–Crippen MR) is 123 cm³/mol. The average molecular weight is 508 g/mol. The molecule has 0 aromatic carbocycles. The number of hydrogen-bond donors (Lipinski definition) is 3. The highest BCUT2D eigenvalue weighted by Gasteiger charge is 2.53. The smallest absolute Gasteiger partial charge is 0.353 e. The number of aliphatic carboxylic acids is 1. The van der Waals surface area contributed by atoms with E-state index in [0.717, 1.165) is 16.9 Å². The van der Waals surface area contributed by atoms with E-state index in [4.69, 9.17) is 17.3 Å². The number of amides is 1. The number of carboxylic acid groups (broad SMARTS) is 1. The van der Waals surface area contributed by atoms with Crippen LogP contribution in [-0.2, 0) is 20.1 Å². The molecular weight excluding hydrogens is 490 g/mol. The summed E-state index contributed by atoms with van der Waals surface area (Å²) in [6.07, 6.45) is 4.08. The molecule has 1 fully saturated rings. The molecule has 0 saturated carbocycles. The van der Waals surface area contributed by atoms with Crippen LogP contribution in [0.2, 0.25) is 4.34 Å². The lowest BCUT2D eigenvalue weighted by Crippen LogP contribution is -2.63. The normalized spacial score (nSPS) is 20.5. The number of nitrogens with zero attached hydrogens (tertiary/aromatic N) is 4. The van der Waals surface area contributed by atoms with Crippen molar-refractivity contribution in [3.63, 3.8) is 0 Å². The summed E-state index contributed by atoms with van der Waals surface area (Å²) >= 11 is 8.32. The van der Waals surface area contributed by atoms with E-state index in [1.54, 1.807) is 12.4 Å². The van der Waals surface area contributed by atoms with E-state index >= 15 is 0 Å². The number of carbonyl (C=O) groups excluding carboxylic acids is 2. The van der Waals surface area contributed by atoms with Crippen molar-refractivity contribution in [1.29, 1.82) is 0 Å². The number of anilines is 1. The standard InChI is InChI=1S/C20H18ClN5O5S2/c21-17-15(24-20(22)33-17)14(25-31)12(27)7-10-11-1-2-13(16(19(29)30)26(11)18(10)28)32-8-9-3-5-23-6-4-9/h3-6,10-11,31H,1-2,7-8H2,(H2,22,24)(H,29,30)/b25-14+. The zero-order valence-corrected chi connectivity index (χ0v) is 19.4. The number of halogens is 1. The third-order valence-electron chi connectivity index (χ3n) is 5.48. The summed E-state index contributed by atoms with van der Waals surface area (Å²) in [5.41, 5.74) is 6.12. The lowest BCUT2D eigenvalue weighted by molar-refractivity contribution is -0.159. The van der Waals surface area contributed by atoms with Gasteiger partial charge in [0.15, 0.2) is 16.6 Å². The second kappa shape index (κ2) is 9.49. The lowest BCUT2D eigenvalue weighted by atomic mass is 9.77. The van der Waals surface area contributed by atoms with Crippen LogP contribution in [0.25, 0.3) is 0 Å². The monoisotopic (exact) mass is 507 g/mol. The van der Waals surface area contributed by atoms with E-state index < -0.39 is 29.6 Å². The molecule has 0 spiro atoms. The maximum absolute atomic E-state index is 12.9. The molecule has 2 atom stereocenters. The highest BCUT2D eigenvalue weighted by Crippen LogP contribution is 2.45. The number of β-lactam (4-membered cyclic amide) rings is 1. The first-order valence-electron chi connectivity index (χ1n) is 9.80. The summed E-state index contributed by atoms with van der Waals surface area (Å²) in [6.45, 7) is 0. The van der Waals surface area contributed by atoms with Crippen LogP contribution in [0, 0.1) is 5.92 Å². The number of rotatable bonds is 8. The van der Waals surface area contributed by atoms with Crippen LogP contribution >= 0.6 is 34.7 Å². The number of pyridine rings is 1. The van der Waals surface area contributed by atoms with Gasteiger partial charge in [-0.1, -0.05) is 28.1 Å². The fraction of sp³-hybridized carbons (Fsp3) is 0.300. The summed E-state index contributed by atoms with van der Waals surface area (Å²) in [7, 11) is 0. The van der Waals surface area contributed by atoms with E-state index in [0.29, 0.717) is 23.5 Å². The maximum atomic E-state index is 12.9. The van der Waals surface area contributed by atoms with Crippen molar-refractivity contribution in [2.24, 2.45) is 11.1 Å². The first-order valence-corrected chi connectivity index (χ1v) is 12.0. The Morgan fingerprint density at radius 3 is 2.70 bits per heavy atom. The van der Waals surface area contributed by atoms with Crippen LogP contribution in [0.1, 0.15) is 30.5 Å². The van der Waals surface area contributed by atoms with Crippen molar-refractivity contribution in [1.82, 2.24) is 14.9 Å². The van der Waals surface area contributed by atoms with Gasteiger partial charge in [-0.15, -0.1) is 11.8 Å². The number of carbonyl (C=O) groups is 3. The Labute approximate surface area is 201 Å². The van der Waals surface area contributed by atoms with Crippen LogP contribution in [0.3, 0.4) is 0 Å². The van der Waals surface area contributed by atoms with Crippen molar-refractivity contribution >= 4 is 63.2 Å². The van der Waals surface area contributed by atoms with Gasteiger partial charge in [0.2, 0.25) is 5.91 Å². The molecule has 2 aromatic rings. The van der Waals surface area contributed by atoms with E-state index in [2.05, 4.69) is 15.1 Å². The molecule has 4 rings (SSSR count). The Bertz CT molecular complexity index is 1180. The van der Waals surface area contributed by atoms with E-state index in [1.165, 1.54) is 16.7 Å². The molecule has 2 unspecified atom stereocenters. The van der Waals surface area contributed by atoms with Gasteiger partial charge in [-0.3, -0.25) is 14.6 Å². The van der Waals surface area contributed by atoms with Crippen molar-refractivity contribution in [3.05, 3.63) is 50.7 Å². The van der Waals surface area contributed by atoms with Crippen LogP contribution < -0.4 is 5.73 Å². The Balaban J connectivity index is 1.49. The van der Waals surface area contributed by atoms with E-state index in [9.17, 15) is 24.7 Å². The molecule has 10 nitrogen and oxygen atoms in total. The summed E-state index contributed by atoms with van der Waals surface area (Å²) < 4.78 is 0.0971. The van der Waals surface area contributed by atoms with Gasteiger partial charge in [0.05, 0.1) is 5.92 Å². The first kappa shape index (κ1) is 23.2. The predicted octanol–water partition coefficient (Wildman–Crippen LogP) is 2.76. The van der Waals surface area contributed by atoms with Gasteiger partial charge < -0.3 is 20.9 Å².